The van der Waals surface area contributed by atoms with E-state index in [9.17, 15) is 0 Å². The van der Waals surface area contributed by atoms with E-state index < -0.39 is 0 Å². The molecular formula is C15H25N. The molecule has 1 aromatic rings. The topological polar surface area (TPSA) is 12.0 Å². The summed E-state index contributed by atoms with van der Waals surface area (Å²) in [6, 6.07) is 8.79. The Hall–Kier alpha value is -0.980. The summed E-state index contributed by atoms with van der Waals surface area (Å²) in [5.41, 5.74) is 2.99. The lowest BCUT2D eigenvalue weighted by Gasteiger charge is -2.26. The highest BCUT2D eigenvalue weighted by atomic mass is 15.0. The van der Waals surface area contributed by atoms with Gasteiger partial charge < -0.3 is 5.32 Å². The second-order valence-electron chi connectivity index (χ2n) is 6.19. The maximum atomic E-state index is 3.55. The Morgan fingerprint density at radius 1 is 0.938 bits per heavy atom. The fraction of sp³-hybridized carbons (Fsp3) is 0.600. The second-order valence-corrected chi connectivity index (χ2v) is 6.19. The molecule has 1 nitrogen and oxygen atoms in total. The van der Waals surface area contributed by atoms with Crippen LogP contribution in [0.3, 0.4) is 0 Å². The van der Waals surface area contributed by atoms with E-state index in [1.165, 1.54) is 11.3 Å². The Morgan fingerprint density at radius 2 is 1.44 bits per heavy atom. The van der Waals surface area contributed by atoms with Crippen molar-refractivity contribution in [1.29, 1.82) is 0 Å². The van der Waals surface area contributed by atoms with Crippen molar-refractivity contribution in [2.75, 3.05) is 5.32 Å². The van der Waals surface area contributed by atoms with E-state index in [1.807, 2.05) is 0 Å². The van der Waals surface area contributed by atoms with Crippen molar-refractivity contribution in [2.45, 2.75) is 58.9 Å². The fourth-order valence-electron chi connectivity index (χ4n) is 1.53. The Morgan fingerprint density at radius 3 is 1.81 bits per heavy atom. The normalized spacial score (nSPS) is 12.6. The van der Waals surface area contributed by atoms with Gasteiger partial charge in [-0.15, -0.1) is 0 Å². The molecule has 0 aromatic heterocycles. The van der Waals surface area contributed by atoms with Crippen LogP contribution in [-0.2, 0) is 5.41 Å². The van der Waals surface area contributed by atoms with E-state index in [2.05, 4.69) is 71.1 Å². The van der Waals surface area contributed by atoms with E-state index in [-0.39, 0.29) is 11.0 Å². The van der Waals surface area contributed by atoms with Gasteiger partial charge in [0.25, 0.3) is 0 Å². The lowest BCUT2D eigenvalue weighted by molar-refractivity contribution is 0.547. The first-order valence-electron chi connectivity index (χ1n) is 6.13. The van der Waals surface area contributed by atoms with E-state index >= 15 is 0 Å². The molecule has 1 rings (SSSR count). The number of rotatable bonds is 3. The van der Waals surface area contributed by atoms with E-state index in [4.69, 9.17) is 0 Å². The molecule has 1 N–H and O–H groups in total. The molecule has 90 valence electrons. The minimum atomic E-state index is 0.170. The van der Waals surface area contributed by atoms with Gasteiger partial charge in [-0.25, -0.2) is 0 Å². The minimum absolute atomic E-state index is 0.170. The first kappa shape index (κ1) is 13.1. The third-order valence-electron chi connectivity index (χ3n) is 3.12. The van der Waals surface area contributed by atoms with Crippen LogP contribution in [0.5, 0.6) is 0 Å². The van der Waals surface area contributed by atoms with Crippen LogP contribution >= 0.6 is 0 Å². The Labute approximate surface area is 100 Å². The molecule has 0 heterocycles. The Kier molecular flexibility index (Phi) is 3.67. The van der Waals surface area contributed by atoms with Crippen LogP contribution in [0.4, 0.5) is 5.69 Å². The molecule has 0 spiro atoms. The largest absolute Gasteiger partial charge is 0.380 e. The molecule has 0 saturated heterocycles. The van der Waals surface area contributed by atoms with Gasteiger partial charge in [-0.2, -0.15) is 0 Å². The van der Waals surface area contributed by atoms with Crippen LogP contribution in [0.1, 0.15) is 53.5 Å². The standard InChI is InChI=1S/C15H25N/c1-7-15(5,6)16-13-10-8-12(9-11-13)14(2,3)4/h8-11,16H,7H2,1-6H3. The molecular weight excluding hydrogens is 194 g/mol. The first-order chi connectivity index (χ1) is 7.24. The number of nitrogens with one attached hydrogen (secondary N) is 1. The number of benzene rings is 1. The molecule has 0 aliphatic carbocycles. The van der Waals surface area contributed by atoms with Gasteiger partial charge in [-0.1, -0.05) is 39.8 Å². The van der Waals surface area contributed by atoms with Gasteiger partial charge >= 0.3 is 0 Å². The molecule has 1 heteroatoms. The van der Waals surface area contributed by atoms with Crippen molar-refractivity contribution in [2.24, 2.45) is 0 Å². The molecule has 0 radical (unpaired) electrons. The molecule has 0 saturated carbocycles. The van der Waals surface area contributed by atoms with E-state index in [1.54, 1.807) is 0 Å². The van der Waals surface area contributed by atoms with Crippen molar-refractivity contribution in [3.8, 4) is 0 Å². The van der Waals surface area contributed by atoms with Gasteiger partial charge in [0, 0.05) is 11.2 Å². The first-order valence-corrected chi connectivity index (χ1v) is 6.13. The predicted octanol–water partition coefficient (Wildman–Crippen LogP) is 4.58. The van der Waals surface area contributed by atoms with Crippen molar-refractivity contribution in [3.05, 3.63) is 29.8 Å². The summed E-state index contributed by atoms with van der Waals surface area (Å²) in [7, 11) is 0. The van der Waals surface area contributed by atoms with Crippen LogP contribution in [-0.4, -0.2) is 5.54 Å². The van der Waals surface area contributed by atoms with Gasteiger partial charge in [-0.3, -0.25) is 0 Å². The zero-order chi connectivity index (χ0) is 12.4. The molecule has 0 amide bonds. The van der Waals surface area contributed by atoms with Gasteiger partial charge in [0.15, 0.2) is 0 Å². The van der Waals surface area contributed by atoms with Crippen LogP contribution in [0.25, 0.3) is 0 Å². The number of anilines is 1. The average Bonchev–Trinajstić information content (AvgIpc) is 2.16. The number of hydrogen-bond donors (Lipinski definition) is 1. The number of hydrogen-bond acceptors (Lipinski definition) is 1. The van der Waals surface area contributed by atoms with Crippen LogP contribution in [0.2, 0.25) is 0 Å². The van der Waals surface area contributed by atoms with Crippen molar-refractivity contribution < 1.29 is 0 Å². The quantitative estimate of drug-likeness (QED) is 0.784. The minimum Gasteiger partial charge on any atom is -0.380 e. The second kappa shape index (κ2) is 4.48. The molecule has 1 aromatic carbocycles. The monoisotopic (exact) mass is 219 g/mol. The summed E-state index contributed by atoms with van der Waals surface area (Å²) in [6.07, 6.45) is 1.12. The molecule has 0 fully saturated rings. The van der Waals surface area contributed by atoms with Crippen molar-refractivity contribution >= 4 is 5.69 Å². The van der Waals surface area contributed by atoms with Gasteiger partial charge in [0.05, 0.1) is 0 Å². The summed E-state index contributed by atoms with van der Waals surface area (Å²) < 4.78 is 0. The fourth-order valence-corrected chi connectivity index (χ4v) is 1.53. The van der Waals surface area contributed by atoms with Gasteiger partial charge in [-0.05, 0) is 43.4 Å². The van der Waals surface area contributed by atoms with Gasteiger partial charge in [0.2, 0.25) is 0 Å². The van der Waals surface area contributed by atoms with Crippen LogP contribution in [0, 0.1) is 0 Å². The molecule has 16 heavy (non-hydrogen) atoms. The smallest absolute Gasteiger partial charge is 0.0344 e. The highest BCUT2D eigenvalue weighted by Gasteiger charge is 2.16. The van der Waals surface area contributed by atoms with E-state index in [0.29, 0.717) is 0 Å². The van der Waals surface area contributed by atoms with Crippen molar-refractivity contribution in [3.63, 3.8) is 0 Å². The average molecular weight is 219 g/mol. The van der Waals surface area contributed by atoms with Crippen LogP contribution in [0.15, 0.2) is 24.3 Å². The summed E-state index contributed by atoms with van der Waals surface area (Å²) in [6.45, 7) is 13.4. The predicted molar refractivity (Wildman–Crippen MR) is 73.1 cm³/mol. The molecule has 0 atom stereocenters. The SMILES string of the molecule is CCC(C)(C)Nc1ccc(C(C)(C)C)cc1. The maximum Gasteiger partial charge on any atom is 0.0344 e. The molecule has 0 aliphatic rings. The summed E-state index contributed by atoms with van der Waals surface area (Å²) >= 11 is 0. The summed E-state index contributed by atoms with van der Waals surface area (Å²) in [4.78, 5) is 0. The zero-order valence-electron chi connectivity index (χ0n) is 11.5. The highest BCUT2D eigenvalue weighted by Crippen LogP contribution is 2.25. The zero-order valence-corrected chi connectivity index (χ0v) is 11.5. The van der Waals surface area contributed by atoms with Crippen LogP contribution < -0.4 is 5.32 Å². The lowest BCUT2D eigenvalue weighted by atomic mass is 9.87. The maximum absolute atomic E-state index is 3.55. The highest BCUT2D eigenvalue weighted by molar-refractivity contribution is 5.47. The van der Waals surface area contributed by atoms with E-state index in [0.717, 1.165) is 6.42 Å². The Balaban J connectivity index is 2.80. The lowest BCUT2D eigenvalue weighted by Crippen LogP contribution is -2.29. The molecule has 0 aliphatic heterocycles. The van der Waals surface area contributed by atoms with Gasteiger partial charge in [0.1, 0.15) is 0 Å². The molecule has 0 unspecified atom stereocenters. The Bertz CT molecular complexity index is 327. The summed E-state index contributed by atoms with van der Waals surface area (Å²) in [5.74, 6) is 0. The third kappa shape index (κ3) is 3.55. The molecule has 0 bridgehead atoms. The van der Waals surface area contributed by atoms with Crippen molar-refractivity contribution in [1.82, 2.24) is 0 Å². The third-order valence-corrected chi connectivity index (χ3v) is 3.12. The summed E-state index contributed by atoms with van der Waals surface area (Å²) in [5, 5.41) is 3.55.